The zero-order valence-corrected chi connectivity index (χ0v) is 15.1. The Balaban J connectivity index is 0. The lowest BCUT2D eigenvalue weighted by atomic mass is 10.0. The molecule has 0 amide bonds. The van der Waals surface area contributed by atoms with E-state index in [0.29, 0.717) is 6.04 Å². The minimum atomic E-state index is 0. The topological polar surface area (TPSA) is 20.2 Å². The van der Waals surface area contributed by atoms with E-state index < -0.39 is 0 Å². The van der Waals surface area contributed by atoms with Crippen molar-refractivity contribution in [3.05, 3.63) is 0 Å². The van der Waals surface area contributed by atoms with Crippen molar-refractivity contribution in [1.29, 1.82) is 0 Å². The molecule has 0 heterocycles. The molecule has 0 aromatic rings. The first kappa shape index (κ1) is 22.5. The van der Waals surface area contributed by atoms with Crippen LogP contribution in [0.4, 0.5) is 0 Å². The summed E-state index contributed by atoms with van der Waals surface area (Å²) in [5.74, 6) is 0. The Morgan fingerprint density at radius 1 is 0.700 bits per heavy atom. The molecule has 0 aliphatic heterocycles. The van der Waals surface area contributed by atoms with Gasteiger partial charge in [-0.25, -0.2) is 5.21 Å². The molecule has 0 fully saturated rings. The zero-order chi connectivity index (χ0) is 14.6. The lowest BCUT2D eigenvalue weighted by Crippen LogP contribution is -3.00. The molecule has 0 aromatic carbocycles. The van der Waals surface area contributed by atoms with E-state index >= 15 is 0 Å². The molecule has 2 nitrogen and oxygen atoms in total. The average molecular weight is 308 g/mol. The smallest absolute Gasteiger partial charge is 0.118 e. The summed E-state index contributed by atoms with van der Waals surface area (Å²) in [5, 5.41) is 10.1. The lowest BCUT2D eigenvalue weighted by molar-refractivity contribution is -1.09. The second kappa shape index (κ2) is 14.2. The summed E-state index contributed by atoms with van der Waals surface area (Å²) >= 11 is 0. The molecule has 0 aromatic heterocycles. The third kappa shape index (κ3) is 13.2. The van der Waals surface area contributed by atoms with Crippen LogP contribution in [-0.4, -0.2) is 30.0 Å². The van der Waals surface area contributed by atoms with Crippen LogP contribution in [0.5, 0.6) is 0 Å². The minimum absolute atomic E-state index is 0. The molecule has 20 heavy (non-hydrogen) atoms. The molecule has 0 spiro atoms. The fourth-order valence-corrected chi connectivity index (χ4v) is 2.80. The van der Waals surface area contributed by atoms with Crippen LogP contribution in [0.15, 0.2) is 0 Å². The zero-order valence-electron chi connectivity index (χ0n) is 14.3. The second-order valence-corrected chi connectivity index (χ2v) is 6.54. The number of quaternary nitrogens is 1. The molecule has 0 aliphatic carbocycles. The second-order valence-electron chi connectivity index (χ2n) is 6.54. The third-order valence-electron chi connectivity index (χ3n) is 4.16. The summed E-state index contributed by atoms with van der Waals surface area (Å²) in [6.07, 6.45) is 15.9. The molecule has 1 N–H and O–H groups in total. The fraction of sp³-hybridized carbons (Fsp3) is 1.00. The van der Waals surface area contributed by atoms with Crippen molar-refractivity contribution in [2.45, 2.75) is 96.9 Å². The predicted octanol–water partition coefficient (Wildman–Crippen LogP) is 2.55. The predicted molar refractivity (Wildman–Crippen MR) is 84.4 cm³/mol. The third-order valence-corrected chi connectivity index (χ3v) is 4.16. The van der Waals surface area contributed by atoms with E-state index in [-0.39, 0.29) is 17.1 Å². The van der Waals surface area contributed by atoms with Gasteiger partial charge in [-0.2, -0.15) is 4.65 Å². The Bertz CT molecular complexity index is 192. The Labute approximate surface area is 133 Å². The Kier molecular flexibility index (Phi) is 15.9. The van der Waals surface area contributed by atoms with Crippen LogP contribution in [-0.2, 0) is 0 Å². The summed E-state index contributed by atoms with van der Waals surface area (Å²) in [7, 11) is 3.82. The number of nitrogens with zero attached hydrogens (tertiary/aromatic N) is 1. The number of hydrogen-bond acceptors (Lipinski definition) is 1. The summed E-state index contributed by atoms with van der Waals surface area (Å²) in [6.45, 7) is 4.48. The first-order valence-electron chi connectivity index (χ1n) is 8.58. The van der Waals surface area contributed by atoms with Crippen LogP contribution in [0.2, 0.25) is 0 Å². The first-order valence-corrected chi connectivity index (χ1v) is 8.58. The number of unbranched alkanes of at least 4 members (excludes halogenated alkanes) is 8. The molecular formula is C17H38ClNO. The number of rotatable bonds is 13. The van der Waals surface area contributed by atoms with E-state index in [2.05, 4.69) is 13.8 Å². The van der Waals surface area contributed by atoms with E-state index in [0.717, 1.165) is 6.42 Å². The van der Waals surface area contributed by atoms with Gasteiger partial charge in [0.1, 0.15) is 6.04 Å². The van der Waals surface area contributed by atoms with E-state index in [9.17, 15) is 5.21 Å². The van der Waals surface area contributed by atoms with Crippen molar-refractivity contribution in [3.8, 4) is 0 Å². The van der Waals surface area contributed by atoms with Gasteiger partial charge in [-0.3, -0.25) is 0 Å². The van der Waals surface area contributed by atoms with Crippen molar-refractivity contribution in [2.75, 3.05) is 14.1 Å². The van der Waals surface area contributed by atoms with Crippen LogP contribution < -0.4 is 12.4 Å². The van der Waals surface area contributed by atoms with Gasteiger partial charge in [-0.1, -0.05) is 71.6 Å². The number of hydroxylamine groups is 3. The molecule has 0 aliphatic rings. The van der Waals surface area contributed by atoms with Crippen LogP contribution >= 0.6 is 0 Å². The fourth-order valence-electron chi connectivity index (χ4n) is 2.80. The van der Waals surface area contributed by atoms with Crippen molar-refractivity contribution < 1.29 is 22.3 Å². The molecular weight excluding hydrogens is 270 g/mol. The summed E-state index contributed by atoms with van der Waals surface area (Å²) in [4.78, 5) is 0. The summed E-state index contributed by atoms with van der Waals surface area (Å²) in [5.41, 5.74) is 0. The van der Waals surface area contributed by atoms with Gasteiger partial charge in [0.15, 0.2) is 0 Å². The van der Waals surface area contributed by atoms with Gasteiger partial charge in [0.2, 0.25) is 0 Å². The first-order chi connectivity index (χ1) is 9.02. The minimum Gasteiger partial charge on any atom is -1.00 e. The van der Waals surface area contributed by atoms with Gasteiger partial charge in [0, 0.05) is 12.8 Å². The van der Waals surface area contributed by atoms with Gasteiger partial charge in [-0.15, -0.1) is 0 Å². The van der Waals surface area contributed by atoms with Gasteiger partial charge >= 0.3 is 0 Å². The van der Waals surface area contributed by atoms with E-state index in [1.807, 2.05) is 14.1 Å². The van der Waals surface area contributed by atoms with E-state index in [1.165, 1.54) is 70.6 Å². The van der Waals surface area contributed by atoms with E-state index in [4.69, 9.17) is 0 Å². The maximum Gasteiger partial charge on any atom is 0.118 e. The van der Waals surface area contributed by atoms with Crippen LogP contribution in [0.3, 0.4) is 0 Å². The SMILES string of the molecule is CCCCCCCCCCCC(CCC)[N+](C)(C)O.[Cl-]. The van der Waals surface area contributed by atoms with Crippen LogP contribution in [0, 0.1) is 0 Å². The highest BCUT2D eigenvalue weighted by atomic mass is 35.5. The normalized spacial score (nSPS) is 13.1. The quantitative estimate of drug-likeness (QED) is 0.315. The van der Waals surface area contributed by atoms with Gasteiger partial charge in [0.25, 0.3) is 0 Å². The highest BCUT2D eigenvalue weighted by Gasteiger charge is 2.25. The highest BCUT2D eigenvalue weighted by molar-refractivity contribution is 4.57. The average Bonchev–Trinajstić information content (AvgIpc) is 2.34. The Morgan fingerprint density at radius 3 is 1.55 bits per heavy atom. The summed E-state index contributed by atoms with van der Waals surface area (Å²) in [6, 6.07) is 0.426. The van der Waals surface area contributed by atoms with Crippen molar-refractivity contribution in [3.63, 3.8) is 0 Å². The van der Waals surface area contributed by atoms with Gasteiger partial charge in [-0.05, 0) is 6.42 Å². The molecule has 1 unspecified atom stereocenters. The molecule has 0 saturated heterocycles. The standard InChI is InChI=1S/C17H38NO.ClH/c1-5-7-8-9-10-11-12-13-14-16-17(15-6-2)18(3,4)19;/h17,19H,5-16H2,1-4H3;1H/q+1;/p-1. The Hall–Kier alpha value is 0.210. The maximum absolute atomic E-state index is 10.1. The maximum atomic E-state index is 10.1. The number of halogens is 1. The molecule has 0 saturated carbocycles. The summed E-state index contributed by atoms with van der Waals surface area (Å²) < 4.78 is 0.144. The van der Waals surface area contributed by atoms with Crippen molar-refractivity contribution >= 4 is 0 Å². The molecule has 0 radical (unpaired) electrons. The molecule has 3 heteroatoms. The Morgan fingerprint density at radius 2 is 1.15 bits per heavy atom. The number of hydrogen-bond donors (Lipinski definition) is 1. The highest BCUT2D eigenvalue weighted by Crippen LogP contribution is 2.18. The monoisotopic (exact) mass is 307 g/mol. The van der Waals surface area contributed by atoms with Gasteiger partial charge < -0.3 is 12.4 Å². The molecule has 0 bridgehead atoms. The van der Waals surface area contributed by atoms with Crippen LogP contribution in [0.1, 0.15) is 90.9 Å². The lowest BCUT2D eigenvalue weighted by Gasteiger charge is -2.30. The van der Waals surface area contributed by atoms with Gasteiger partial charge in [0.05, 0.1) is 14.1 Å². The largest absolute Gasteiger partial charge is 1.00 e. The molecule has 0 rings (SSSR count). The van der Waals surface area contributed by atoms with Crippen molar-refractivity contribution in [1.82, 2.24) is 0 Å². The van der Waals surface area contributed by atoms with Crippen molar-refractivity contribution in [2.24, 2.45) is 0 Å². The van der Waals surface area contributed by atoms with E-state index in [1.54, 1.807) is 0 Å². The van der Waals surface area contributed by atoms with Crippen LogP contribution in [0.25, 0.3) is 0 Å². The molecule has 1 atom stereocenters. The molecule has 124 valence electrons.